The average Bonchev–Trinajstić information content (AvgIpc) is 3.30. The van der Waals surface area contributed by atoms with Crippen molar-refractivity contribution in [1.82, 2.24) is 4.98 Å². The summed E-state index contributed by atoms with van der Waals surface area (Å²) in [5.41, 5.74) is 0.755. The van der Waals surface area contributed by atoms with Gasteiger partial charge in [0.2, 0.25) is 5.91 Å². The summed E-state index contributed by atoms with van der Waals surface area (Å²) in [5.74, 6) is 0.979. The van der Waals surface area contributed by atoms with Crippen LogP contribution < -0.4 is 4.90 Å². The fourth-order valence-corrected chi connectivity index (χ4v) is 4.66. The van der Waals surface area contributed by atoms with Crippen molar-refractivity contribution in [2.24, 2.45) is 5.92 Å². The average molecular weight is 375 g/mol. The van der Waals surface area contributed by atoms with Crippen LogP contribution in [0.3, 0.4) is 0 Å². The summed E-state index contributed by atoms with van der Waals surface area (Å²) < 4.78 is 6.47. The van der Waals surface area contributed by atoms with Gasteiger partial charge in [0.05, 0.1) is 22.5 Å². The molecule has 4 rings (SSSR count). The van der Waals surface area contributed by atoms with E-state index in [0.717, 1.165) is 41.7 Å². The maximum Gasteiger partial charge on any atom is 0.232 e. The molecule has 130 valence electrons. The Balaban J connectivity index is 1.70. The van der Waals surface area contributed by atoms with E-state index in [1.807, 2.05) is 30.3 Å². The molecule has 2 heterocycles. The molecule has 0 aliphatic heterocycles. The predicted octanol–water partition coefficient (Wildman–Crippen LogP) is 5.66. The molecule has 0 radical (unpaired) electrons. The number of thiazole rings is 1. The van der Waals surface area contributed by atoms with Gasteiger partial charge in [-0.2, -0.15) is 0 Å². The van der Waals surface area contributed by atoms with E-state index in [-0.39, 0.29) is 11.8 Å². The van der Waals surface area contributed by atoms with Crippen molar-refractivity contribution in [3.63, 3.8) is 0 Å². The molecule has 1 fully saturated rings. The molecule has 0 unspecified atom stereocenters. The highest BCUT2D eigenvalue weighted by atomic mass is 35.5. The highest BCUT2D eigenvalue weighted by molar-refractivity contribution is 7.22. The molecule has 0 saturated heterocycles. The second-order valence-corrected chi connectivity index (χ2v) is 7.84. The van der Waals surface area contributed by atoms with Gasteiger partial charge in [-0.25, -0.2) is 4.98 Å². The van der Waals surface area contributed by atoms with Crippen LogP contribution in [0.2, 0.25) is 5.02 Å². The Kier molecular flexibility index (Phi) is 4.77. The van der Waals surface area contributed by atoms with Crippen LogP contribution in [0.4, 0.5) is 5.13 Å². The van der Waals surface area contributed by atoms with Gasteiger partial charge in [-0.3, -0.25) is 9.69 Å². The molecule has 0 N–H and O–H groups in total. The van der Waals surface area contributed by atoms with Gasteiger partial charge in [0.15, 0.2) is 5.13 Å². The third-order valence-corrected chi connectivity index (χ3v) is 6.05. The number of nitrogens with zero attached hydrogens (tertiary/aromatic N) is 2. The van der Waals surface area contributed by atoms with E-state index in [1.165, 1.54) is 17.8 Å². The number of furan rings is 1. The quantitative estimate of drug-likeness (QED) is 0.592. The third kappa shape index (κ3) is 3.44. The van der Waals surface area contributed by atoms with Gasteiger partial charge in [0.1, 0.15) is 11.3 Å². The third-order valence-electron chi connectivity index (χ3n) is 4.70. The van der Waals surface area contributed by atoms with Gasteiger partial charge in [0.25, 0.3) is 0 Å². The van der Waals surface area contributed by atoms with Crippen LogP contribution in [0.1, 0.15) is 37.9 Å². The molecular formula is C19H19ClN2O2S. The van der Waals surface area contributed by atoms with Gasteiger partial charge < -0.3 is 4.42 Å². The Morgan fingerprint density at radius 3 is 2.80 bits per heavy atom. The van der Waals surface area contributed by atoms with Crippen molar-refractivity contribution in [1.29, 1.82) is 0 Å². The number of carbonyl (C=O) groups is 1. The van der Waals surface area contributed by atoms with Crippen LogP contribution in [0.15, 0.2) is 41.0 Å². The summed E-state index contributed by atoms with van der Waals surface area (Å²) in [6.45, 7) is 0.403. The zero-order valence-electron chi connectivity index (χ0n) is 13.8. The number of aromatic nitrogens is 1. The van der Waals surface area contributed by atoms with Crippen molar-refractivity contribution in [2.45, 2.75) is 38.6 Å². The molecule has 0 bridgehead atoms. The van der Waals surface area contributed by atoms with E-state index in [9.17, 15) is 4.79 Å². The fourth-order valence-electron chi connectivity index (χ4n) is 3.39. The van der Waals surface area contributed by atoms with Crippen LogP contribution in [-0.2, 0) is 11.3 Å². The molecule has 1 aliphatic rings. The Morgan fingerprint density at radius 1 is 1.24 bits per heavy atom. The lowest BCUT2D eigenvalue weighted by Gasteiger charge is -2.27. The molecule has 1 amide bonds. The van der Waals surface area contributed by atoms with E-state index in [0.29, 0.717) is 16.7 Å². The van der Waals surface area contributed by atoms with Crippen molar-refractivity contribution in [3.8, 4) is 0 Å². The van der Waals surface area contributed by atoms with Gasteiger partial charge in [-0.05, 0) is 37.1 Å². The van der Waals surface area contributed by atoms with Gasteiger partial charge in [0, 0.05) is 5.92 Å². The molecule has 1 aromatic carbocycles. The monoisotopic (exact) mass is 374 g/mol. The number of halogens is 1. The molecule has 4 nitrogen and oxygen atoms in total. The molecule has 1 aliphatic carbocycles. The fraction of sp³-hybridized carbons (Fsp3) is 0.368. The number of hydrogen-bond acceptors (Lipinski definition) is 4. The molecule has 3 aromatic rings. The summed E-state index contributed by atoms with van der Waals surface area (Å²) in [4.78, 5) is 19.6. The summed E-state index contributed by atoms with van der Waals surface area (Å²) in [5, 5.41) is 1.30. The summed E-state index contributed by atoms with van der Waals surface area (Å²) in [7, 11) is 0. The maximum atomic E-state index is 13.2. The number of benzene rings is 1. The normalized spacial score (nSPS) is 15.6. The number of rotatable bonds is 4. The van der Waals surface area contributed by atoms with Crippen LogP contribution in [0.5, 0.6) is 0 Å². The number of anilines is 1. The molecule has 25 heavy (non-hydrogen) atoms. The van der Waals surface area contributed by atoms with E-state index < -0.39 is 0 Å². The summed E-state index contributed by atoms with van der Waals surface area (Å²) >= 11 is 7.77. The lowest BCUT2D eigenvalue weighted by molar-refractivity contribution is -0.123. The van der Waals surface area contributed by atoms with E-state index in [2.05, 4.69) is 4.98 Å². The van der Waals surface area contributed by atoms with Crippen LogP contribution >= 0.6 is 22.9 Å². The van der Waals surface area contributed by atoms with Gasteiger partial charge in [-0.1, -0.05) is 48.3 Å². The van der Waals surface area contributed by atoms with E-state index >= 15 is 0 Å². The van der Waals surface area contributed by atoms with E-state index in [4.69, 9.17) is 16.0 Å². The predicted molar refractivity (Wildman–Crippen MR) is 101 cm³/mol. The number of hydrogen-bond donors (Lipinski definition) is 0. The molecule has 6 heteroatoms. The van der Waals surface area contributed by atoms with E-state index in [1.54, 1.807) is 11.2 Å². The minimum atomic E-state index is 0.0752. The highest BCUT2D eigenvalue weighted by Crippen LogP contribution is 2.35. The zero-order chi connectivity index (χ0) is 17.2. The number of fused-ring (bicyclic) bond motifs is 1. The van der Waals surface area contributed by atoms with Crippen molar-refractivity contribution in [2.75, 3.05) is 4.90 Å². The topological polar surface area (TPSA) is 46.3 Å². The Bertz CT molecular complexity index is 869. The first kappa shape index (κ1) is 16.6. The molecule has 2 aromatic heterocycles. The van der Waals surface area contributed by atoms with Crippen LogP contribution in [0, 0.1) is 5.92 Å². The van der Waals surface area contributed by atoms with Gasteiger partial charge >= 0.3 is 0 Å². The minimum absolute atomic E-state index is 0.0752. The molecule has 1 saturated carbocycles. The second kappa shape index (κ2) is 7.18. The largest absolute Gasteiger partial charge is 0.467 e. The smallest absolute Gasteiger partial charge is 0.232 e. The summed E-state index contributed by atoms with van der Waals surface area (Å²) in [6, 6.07) is 9.45. The Labute approximate surface area is 155 Å². The first-order chi connectivity index (χ1) is 12.2. The maximum absolute atomic E-state index is 13.2. The molecule has 0 atom stereocenters. The Morgan fingerprint density at radius 2 is 2.08 bits per heavy atom. The number of carbonyl (C=O) groups excluding carboxylic acids is 1. The number of para-hydroxylation sites is 1. The highest BCUT2D eigenvalue weighted by Gasteiger charge is 2.29. The lowest BCUT2D eigenvalue weighted by Crippen LogP contribution is -2.36. The first-order valence-electron chi connectivity index (χ1n) is 8.61. The summed E-state index contributed by atoms with van der Waals surface area (Å²) in [6.07, 6.45) is 7.01. The zero-order valence-corrected chi connectivity index (χ0v) is 15.4. The molecule has 0 spiro atoms. The van der Waals surface area contributed by atoms with Crippen molar-refractivity contribution < 1.29 is 9.21 Å². The minimum Gasteiger partial charge on any atom is -0.467 e. The second-order valence-electron chi connectivity index (χ2n) is 6.42. The Hall–Kier alpha value is -1.85. The van der Waals surface area contributed by atoms with Crippen LogP contribution in [0.25, 0.3) is 10.2 Å². The standard InChI is InChI=1S/C19H19ClN2O2S/c20-15-9-4-10-16-17(15)21-19(25-16)22(12-14-8-5-11-24-14)18(23)13-6-2-1-3-7-13/h4-5,8-11,13H,1-3,6-7,12H2. The molecular weight excluding hydrogens is 356 g/mol. The lowest BCUT2D eigenvalue weighted by atomic mass is 9.88. The number of amides is 1. The SMILES string of the molecule is O=C(C1CCCCC1)N(Cc1ccco1)c1nc2c(Cl)cccc2s1. The van der Waals surface area contributed by atoms with Crippen molar-refractivity contribution >= 4 is 44.2 Å². The van der Waals surface area contributed by atoms with Gasteiger partial charge in [-0.15, -0.1) is 0 Å². The first-order valence-corrected chi connectivity index (χ1v) is 9.80. The van der Waals surface area contributed by atoms with Crippen LogP contribution in [-0.4, -0.2) is 10.9 Å². The van der Waals surface area contributed by atoms with Crippen molar-refractivity contribution in [3.05, 3.63) is 47.4 Å².